The number of hydrogen-bond donors (Lipinski definition) is 2. The van der Waals surface area contributed by atoms with Gasteiger partial charge < -0.3 is 15.0 Å². The minimum atomic E-state index is -0.105. The van der Waals surface area contributed by atoms with Crippen LogP contribution in [0.2, 0.25) is 0 Å². The highest BCUT2D eigenvalue weighted by Crippen LogP contribution is 2.33. The summed E-state index contributed by atoms with van der Waals surface area (Å²) >= 11 is 3.49. The molecule has 23 heavy (non-hydrogen) atoms. The number of aromatic amines is 1. The molecule has 2 N–H and O–H groups in total. The van der Waals surface area contributed by atoms with E-state index >= 15 is 0 Å². The third kappa shape index (κ3) is 2.52. The van der Waals surface area contributed by atoms with Crippen LogP contribution in [0.1, 0.15) is 23.3 Å². The molecule has 0 unspecified atom stereocenters. The molecule has 3 aliphatic rings. The Balaban J connectivity index is 1.59. The average Bonchev–Trinajstić information content (AvgIpc) is 3.01. The van der Waals surface area contributed by atoms with Gasteiger partial charge in [-0.25, -0.2) is 0 Å². The lowest BCUT2D eigenvalue weighted by atomic mass is 9.84. The van der Waals surface area contributed by atoms with Crippen molar-refractivity contribution in [2.24, 2.45) is 5.92 Å². The average molecular weight is 379 g/mol. The number of nitrogens with zero attached hydrogens (tertiary/aromatic N) is 2. The van der Waals surface area contributed by atoms with Crippen LogP contribution in [0.5, 0.6) is 5.75 Å². The highest BCUT2D eigenvalue weighted by Gasteiger charge is 2.35. The van der Waals surface area contributed by atoms with Gasteiger partial charge in [0.25, 0.3) is 5.91 Å². The van der Waals surface area contributed by atoms with E-state index in [1.807, 2.05) is 12.1 Å². The minimum Gasteiger partial charge on any atom is -0.495 e. The number of H-pyrrole nitrogens is 1. The number of fused-ring (bicyclic) bond motifs is 4. The van der Waals surface area contributed by atoms with Gasteiger partial charge in [0.1, 0.15) is 5.75 Å². The molecule has 5 rings (SSSR count). The fraction of sp³-hybridized carbons (Fsp3) is 0.500. The molecular weight excluding hydrogens is 360 g/mol. The predicted octanol–water partition coefficient (Wildman–Crippen LogP) is 2.16. The van der Waals surface area contributed by atoms with Crippen LogP contribution >= 0.6 is 15.9 Å². The van der Waals surface area contributed by atoms with Gasteiger partial charge in [-0.05, 0) is 59.9 Å². The molecule has 1 aromatic carbocycles. The number of amides is 1. The summed E-state index contributed by atoms with van der Waals surface area (Å²) in [4.78, 5) is 15.1. The third-order valence-electron chi connectivity index (χ3n) is 5.05. The third-order valence-corrected chi connectivity index (χ3v) is 5.84. The van der Waals surface area contributed by atoms with Gasteiger partial charge in [-0.2, -0.15) is 5.10 Å². The van der Waals surface area contributed by atoms with Crippen molar-refractivity contribution >= 4 is 32.7 Å². The smallest absolute Gasteiger partial charge is 0.272 e. The van der Waals surface area contributed by atoms with Gasteiger partial charge in [-0.3, -0.25) is 9.89 Å². The number of rotatable bonds is 3. The van der Waals surface area contributed by atoms with Crippen LogP contribution in [0.4, 0.5) is 0 Å². The quantitative estimate of drug-likeness (QED) is 0.858. The van der Waals surface area contributed by atoms with Crippen LogP contribution in [-0.4, -0.2) is 53.8 Å². The molecule has 7 heteroatoms. The standard InChI is InChI=1S/C16H19BrN4O2/c1-23-12-3-2-10-14(13(12)17)19-20-15(10)16(22)18-11-8-21-6-4-9(11)5-7-21/h2-3,9,11H,4-8H2,1H3,(H,18,22)(H,19,20)/t11-/m1/s1. The number of methoxy groups -OCH3 is 1. The number of piperidine rings is 3. The van der Waals surface area contributed by atoms with Crippen LogP contribution in [0.15, 0.2) is 16.6 Å². The zero-order valence-electron chi connectivity index (χ0n) is 12.9. The summed E-state index contributed by atoms with van der Waals surface area (Å²) in [6, 6.07) is 3.94. The number of hydrogen-bond acceptors (Lipinski definition) is 4. The fourth-order valence-corrected chi connectivity index (χ4v) is 4.33. The molecular formula is C16H19BrN4O2. The lowest BCUT2D eigenvalue weighted by molar-refractivity contribution is 0.0618. The molecule has 4 heterocycles. The first-order valence-electron chi connectivity index (χ1n) is 7.91. The highest BCUT2D eigenvalue weighted by atomic mass is 79.9. The Morgan fingerprint density at radius 1 is 1.43 bits per heavy atom. The lowest BCUT2D eigenvalue weighted by Gasteiger charge is -2.44. The van der Waals surface area contributed by atoms with Crippen molar-refractivity contribution in [3.63, 3.8) is 0 Å². The van der Waals surface area contributed by atoms with Crippen molar-refractivity contribution in [2.75, 3.05) is 26.7 Å². The number of ether oxygens (including phenoxy) is 1. The Morgan fingerprint density at radius 3 is 2.87 bits per heavy atom. The topological polar surface area (TPSA) is 70.2 Å². The second-order valence-electron chi connectivity index (χ2n) is 6.29. The van der Waals surface area contributed by atoms with E-state index in [4.69, 9.17) is 4.74 Å². The number of nitrogens with one attached hydrogen (secondary N) is 2. The van der Waals surface area contributed by atoms with Crippen molar-refractivity contribution < 1.29 is 9.53 Å². The van der Waals surface area contributed by atoms with Gasteiger partial charge in [0.15, 0.2) is 5.69 Å². The van der Waals surface area contributed by atoms with Crippen molar-refractivity contribution in [3.05, 3.63) is 22.3 Å². The summed E-state index contributed by atoms with van der Waals surface area (Å²) in [6.07, 6.45) is 2.35. The Morgan fingerprint density at radius 2 is 2.22 bits per heavy atom. The largest absolute Gasteiger partial charge is 0.495 e. The van der Waals surface area contributed by atoms with Crippen molar-refractivity contribution in [2.45, 2.75) is 18.9 Å². The summed E-state index contributed by atoms with van der Waals surface area (Å²) in [5.74, 6) is 1.21. The van der Waals surface area contributed by atoms with Crippen LogP contribution in [0, 0.1) is 5.92 Å². The Labute approximate surface area is 142 Å². The maximum atomic E-state index is 12.7. The van der Waals surface area contributed by atoms with E-state index in [1.54, 1.807) is 7.11 Å². The van der Waals surface area contributed by atoms with E-state index in [-0.39, 0.29) is 11.9 Å². The van der Waals surface area contributed by atoms with E-state index in [0.717, 1.165) is 35.0 Å². The second-order valence-corrected chi connectivity index (χ2v) is 7.09. The van der Waals surface area contributed by atoms with E-state index in [2.05, 4.69) is 36.3 Å². The first kappa shape index (κ1) is 15.0. The summed E-state index contributed by atoms with van der Waals surface area (Å²) in [5.41, 5.74) is 1.23. The van der Waals surface area contributed by atoms with Crippen LogP contribution in [-0.2, 0) is 0 Å². The Bertz CT molecular complexity index is 752. The first-order valence-corrected chi connectivity index (χ1v) is 8.70. The zero-order valence-corrected chi connectivity index (χ0v) is 14.5. The van der Waals surface area contributed by atoms with E-state index in [9.17, 15) is 4.79 Å². The predicted molar refractivity (Wildman–Crippen MR) is 90.8 cm³/mol. The van der Waals surface area contributed by atoms with Gasteiger partial charge >= 0.3 is 0 Å². The summed E-state index contributed by atoms with van der Waals surface area (Å²) in [5, 5.41) is 11.1. The van der Waals surface area contributed by atoms with Gasteiger partial charge in [-0.1, -0.05) is 0 Å². The zero-order chi connectivity index (χ0) is 16.0. The molecule has 122 valence electrons. The normalized spacial score (nSPS) is 26.4. The molecule has 1 aromatic heterocycles. The molecule has 6 nitrogen and oxygen atoms in total. The molecule has 3 fully saturated rings. The van der Waals surface area contributed by atoms with Crippen molar-refractivity contribution in [1.29, 1.82) is 0 Å². The number of carbonyl (C=O) groups is 1. The van der Waals surface area contributed by atoms with Gasteiger partial charge in [0.05, 0.1) is 17.1 Å². The lowest BCUT2D eigenvalue weighted by Crippen LogP contribution is -2.57. The Kier molecular flexibility index (Phi) is 3.77. The molecule has 1 atom stereocenters. The minimum absolute atomic E-state index is 0.105. The van der Waals surface area contributed by atoms with Gasteiger partial charge in [0.2, 0.25) is 0 Å². The molecule has 2 aromatic rings. The number of halogens is 1. The maximum absolute atomic E-state index is 12.7. The van der Waals surface area contributed by atoms with Crippen LogP contribution in [0.3, 0.4) is 0 Å². The SMILES string of the molecule is COc1ccc2c(C(=O)N[C@@H]3CN4CCC3CC4)n[nH]c2c1Br. The maximum Gasteiger partial charge on any atom is 0.272 e. The molecule has 0 spiro atoms. The van der Waals surface area contributed by atoms with Crippen molar-refractivity contribution in [3.8, 4) is 5.75 Å². The summed E-state index contributed by atoms with van der Waals surface area (Å²) < 4.78 is 6.06. The van der Waals surface area contributed by atoms with E-state index < -0.39 is 0 Å². The van der Waals surface area contributed by atoms with Crippen molar-refractivity contribution in [1.82, 2.24) is 20.4 Å². The highest BCUT2D eigenvalue weighted by molar-refractivity contribution is 9.10. The number of carbonyl (C=O) groups excluding carboxylic acids is 1. The number of aromatic nitrogens is 2. The molecule has 0 aliphatic carbocycles. The molecule has 0 saturated carbocycles. The number of benzene rings is 1. The monoisotopic (exact) mass is 378 g/mol. The van der Waals surface area contributed by atoms with E-state index in [0.29, 0.717) is 17.4 Å². The van der Waals surface area contributed by atoms with Gasteiger partial charge in [0, 0.05) is 18.0 Å². The Hall–Kier alpha value is -1.60. The molecule has 1 amide bonds. The second kappa shape index (κ2) is 5.79. The molecule has 2 bridgehead atoms. The van der Waals surface area contributed by atoms with Gasteiger partial charge in [-0.15, -0.1) is 0 Å². The van der Waals surface area contributed by atoms with Crippen LogP contribution in [0.25, 0.3) is 10.9 Å². The first-order chi connectivity index (χ1) is 11.2. The van der Waals surface area contributed by atoms with E-state index in [1.165, 1.54) is 12.8 Å². The molecule has 3 aliphatic heterocycles. The van der Waals surface area contributed by atoms with Crippen LogP contribution < -0.4 is 10.1 Å². The molecule has 3 saturated heterocycles. The molecule has 0 radical (unpaired) electrons. The fourth-order valence-electron chi connectivity index (χ4n) is 3.73. The summed E-state index contributed by atoms with van der Waals surface area (Å²) in [6.45, 7) is 3.28. The summed E-state index contributed by atoms with van der Waals surface area (Å²) in [7, 11) is 1.61.